The van der Waals surface area contributed by atoms with E-state index in [1.165, 1.54) is 6.07 Å². The highest BCUT2D eigenvalue weighted by atomic mass is 19.2. The number of likely N-dealkylation sites (tertiary alicyclic amines) is 1. The van der Waals surface area contributed by atoms with Crippen molar-refractivity contribution in [3.05, 3.63) is 35.4 Å². The van der Waals surface area contributed by atoms with Crippen LogP contribution in [0.3, 0.4) is 0 Å². The van der Waals surface area contributed by atoms with Gasteiger partial charge in [0.25, 0.3) is 0 Å². The molecule has 1 unspecified atom stereocenters. The summed E-state index contributed by atoms with van der Waals surface area (Å²) in [4.78, 5) is 26.7. The van der Waals surface area contributed by atoms with Crippen molar-refractivity contribution in [2.75, 3.05) is 26.7 Å². The van der Waals surface area contributed by atoms with Gasteiger partial charge in [-0.25, -0.2) is 8.78 Å². The summed E-state index contributed by atoms with van der Waals surface area (Å²) in [5, 5.41) is 8.87. The molecule has 1 N–H and O–H groups in total. The van der Waals surface area contributed by atoms with Crippen LogP contribution in [-0.2, 0) is 16.0 Å². The molecule has 0 spiro atoms. The van der Waals surface area contributed by atoms with Gasteiger partial charge in [-0.3, -0.25) is 14.5 Å². The first kappa shape index (κ1) is 18.3. The summed E-state index contributed by atoms with van der Waals surface area (Å²) in [5.41, 5.74) is 0.447. The second-order valence-electron chi connectivity index (χ2n) is 6.20. The number of likely N-dealkylation sites (N-methyl/N-ethyl adjacent to an activating group) is 1. The van der Waals surface area contributed by atoms with Crippen LogP contribution < -0.4 is 0 Å². The molecule has 0 aromatic heterocycles. The summed E-state index contributed by atoms with van der Waals surface area (Å²) >= 11 is 0. The minimum Gasteiger partial charge on any atom is -0.480 e. The molecular formula is C17H22F2N2O3. The Morgan fingerprint density at radius 1 is 1.25 bits per heavy atom. The van der Waals surface area contributed by atoms with Crippen molar-refractivity contribution in [2.45, 2.75) is 31.7 Å². The predicted molar refractivity (Wildman–Crippen MR) is 84.5 cm³/mol. The van der Waals surface area contributed by atoms with Crippen LogP contribution in [0.4, 0.5) is 8.78 Å². The third-order valence-electron chi connectivity index (χ3n) is 4.40. The van der Waals surface area contributed by atoms with E-state index >= 15 is 0 Å². The molecule has 1 amide bonds. The molecule has 1 aliphatic rings. The largest absolute Gasteiger partial charge is 0.480 e. The van der Waals surface area contributed by atoms with Crippen molar-refractivity contribution in [1.82, 2.24) is 9.80 Å². The molecule has 0 saturated carbocycles. The lowest BCUT2D eigenvalue weighted by atomic mass is 10.1. The van der Waals surface area contributed by atoms with E-state index in [0.717, 1.165) is 25.0 Å². The van der Waals surface area contributed by atoms with E-state index in [4.69, 9.17) is 5.11 Å². The Kier molecular flexibility index (Phi) is 6.25. The van der Waals surface area contributed by atoms with Gasteiger partial charge in [0.05, 0.1) is 13.0 Å². The maximum Gasteiger partial charge on any atom is 0.317 e. The molecule has 132 valence electrons. The minimum atomic E-state index is -0.952. The molecule has 0 bridgehead atoms. The summed E-state index contributed by atoms with van der Waals surface area (Å²) in [6.07, 6.45) is 2.36. The topological polar surface area (TPSA) is 60.9 Å². The van der Waals surface area contributed by atoms with Crippen molar-refractivity contribution in [1.29, 1.82) is 0 Å². The van der Waals surface area contributed by atoms with Gasteiger partial charge in [0.2, 0.25) is 5.91 Å². The van der Waals surface area contributed by atoms with Gasteiger partial charge in [0.15, 0.2) is 11.6 Å². The molecule has 1 fully saturated rings. The molecule has 1 saturated heterocycles. The van der Waals surface area contributed by atoms with Gasteiger partial charge in [-0.05, 0) is 44.0 Å². The predicted octanol–water partition coefficient (Wildman–Crippen LogP) is 1.90. The zero-order valence-corrected chi connectivity index (χ0v) is 13.7. The summed E-state index contributed by atoms with van der Waals surface area (Å²) in [7, 11) is 1.78. The van der Waals surface area contributed by atoms with Gasteiger partial charge < -0.3 is 10.0 Å². The molecule has 2 rings (SSSR count). The van der Waals surface area contributed by atoms with E-state index in [2.05, 4.69) is 0 Å². The minimum absolute atomic E-state index is 0.0204. The average molecular weight is 340 g/mol. The Morgan fingerprint density at radius 2 is 2.00 bits per heavy atom. The number of carbonyl (C=O) groups is 2. The number of halogens is 2. The van der Waals surface area contributed by atoms with Crippen LogP contribution in [0, 0.1) is 11.6 Å². The van der Waals surface area contributed by atoms with Crippen LogP contribution in [0.15, 0.2) is 18.2 Å². The lowest BCUT2D eigenvalue weighted by molar-refractivity contribution is -0.138. The third kappa shape index (κ3) is 4.99. The van der Waals surface area contributed by atoms with E-state index in [0.29, 0.717) is 25.1 Å². The molecule has 5 nitrogen and oxygen atoms in total. The molecule has 7 heteroatoms. The van der Waals surface area contributed by atoms with Crippen LogP contribution in [0.2, 0.25) is 0 Å². The lowest BCUT2D eigenvalue weighted by Gasteiger charge is -2.25. The van der Waals surface area contributed by atoms with Crippen LogP contribution >= 0.6 is 0 Å². The maximum atomic E-state index is 13.2. The van der Waals surface area contributed by atoms with Gasteiger partial charge in [-0.1, -0.05) is 6.07 Å². The number of benzene rings is 1. The molecule has 0 aliphatic carbocycles. The molecule has 1 aromatic carbocycles. The standard InChI is InChI=1S/C17H22F2N2O3/c1-20(11-17(23)24)13-3-2-7-21(8-6-13)16(22)10-12-4-5-14(18)15(19)9-12/h4-5,9,13H,2-3,6-8,10-11H2,1H3,(H,23,24). The van der Waals surface area contributed by atoms with E-state index in [1.54, 1.807) is 16.8 Å². The smallest absolute Gasteiger partial charge is 0.317 e. The number of hydrogen-bond donors (Lipinski definition) is 1. The number of carboxylic acid groups (broad SMARTS) is 1. The van der Waals surface area contributed by atoms with Crippen LogP contribution in [-0.4, -0.2) is 59.5 Å². The molecule has 1 aliphatic heterocycles. The molecular weight excluding hydrogens is 318 g/mol. The summed E-state index contributed by atoms with van der Waals surface area (Å²) in [5.74, 6) is -2.87. The van der Waals surface area contributed by atoms with Gasteiger partial charge >= 0.3 is 5.97 Å². The highest BCUT2D eigenvalue weighted by Crippen LogP contribution is 2.17. The second-order valence-corrected chi connectivity index (χ2v) is 6.20. The number of amides is 1. The molecule has 1 aromatic rings. The first-order chi connectivity index (χ1) is 11.4. The quantitative estimate of drug-likeness (QED) is 0.889. The van der Waals surface area contributed by atoms with Crippen molar-refractivity contribution in [2.24, 2.45) is 0 Å². The number of carboxylic acids is 1. The lowest BCUT2D eigenvalue weighted by Crippen LogP contribution is -2.37. The maximum absolute atomic E-state index is 13.2. The van der Waals surface area contributed by atoms with Gasteiger partial charge in [-0.15, -0.1) is 0 Å². The number of aliphatic carboxylic acids is 1. The SMILES string of the molecule is CN(CC(=O)O)C1CCCN(C(=O)Cc2ccc(F)c(F)c2)CC1. The third-order valence-corrected chi connectivity index (χ3v) is 4.40. The van der Waals surface area contributed by atoms with Gasteiger partial charge in [0, 0.05) is 19.1 Å². The van der Waals surface area contributed by atoms with E-state index < -0.39 is 17.6 Å². The number of rotatable bonds is 5. The fraction of sp³-hybridized carbons (Fsp3) is 0.529. The van der Waals surface area contributed by atoms with Crippen molar-refractivity contribution in [3.8, 4) is 0 Å². The number of nitrogens with zero attached hydrogens (tertiary/aromatic N) is 2. The Balaban J connectivity index is 1.91. The Hall–Kier alpha value is -2.02. The Bertz CT molecular complexity index is 609. The number of hydrogen-bond acceptors (Lipinski definition) is 3. The summed E-state index contributed by atoms with van der Waals surface area (Å²) in [6.45, 7) is 1.12. The van der Waals surface area contributed by atoms with E-state index in [-0.39, 0.29) is 24.9 Å². The molecule has 1 atom stereocenters. The van der Waals surface area contributed by atoms with Crippen LogP contribution in [0.1, 0.15) is 24.8 Å². The van der Waals surface area contributed by atoms with Crippen molar-refractivity contribution in [3.63, 3.8) is 0 Å². The van der Waals surface area contributed by atoms with Crippen LogP contribution in [0.25, 0.3) is 0 Å². The van der Waals surface area contributed by atoms with Gasteiger partial charge in [-0.2, -0.15) is 0 Å². The van der Waals surface area contributed by atoms with Crippen molar-refractivity contribution >= 4 is 11.9 Å². The Morgan fingerprint density at radius 3 is 2.67 bits per heavy atom. The highest BCUT2D eigenvalue weighted by Gasteiger charge is 2.24. The summed E-state index contributed by atoms with van der Waals surface area (Å²) in [6, 6.07) is 3.62. The fourth-order valence-corrected chi connectivity index (χ4v) is 3.05. The highest BCUT2D eigenvalue weighted by molar-refractivity contribution is 5.78. The van der Waals surface area contributed by atoms with E-state index in [1.807, 2.05) is 0 Å². The fourth-order valence-electron chi connectivity index (χ4n) is 3.05. The van der Waals surface area contributed by atoms with Gasteiger partial charge in [0.1, 0.15) is 0 Å². The average Bonchev–Trinajstić information content (AvgIpc) is 2.76. The normalized spacial score (nSPS) is 18.5. The summed E-state index contributed by atoms with van der Waals surface area (Å²) < 4.78 is 26.2. The second kappa shape index (κ2) is 8.19. The zero-order valence-electron chi connectivity index (χ0n) is 13.7. The first-order valence-corrected chi connectivity index (χ1v) is 8.00. The van der Waals surface area contributed by atoms with Crippen LogP contribution in [0.5, 0.6) is 0 Å². The molecule has 0 radical (unpaired) electrons. The Labute approximate surface area is 139 Å². The van der Waals surface area contributed by atoms with E-state index in [9.17, 15) is 18.4 Å². The molecule has 1 heterocycles. The first-order valence-electron chi connectivity index (χ1n) is 8.00. The zero-order chi connectivity index (χ0) is 17.7. The van der Waals surface area contributed by atoms with Crippen molar-refractivity contribution < 1.29 is 23.5 Å². The monoisotopic (exact) mass is 340 g/mol. The molecule has 24 heavy (non-hydrogen) atoms. The number of carbonyl (C=O) groups excluding carboxylic acids is 1.